The molecule has 2 aromatic rings. The Morgan fingerprint density at radius 1 is 1.24 bits per heavy atom. The van der Waals surface area contributed by atoms with E-state index in [4.69, 9.17) is 0 Å². The van der Waals surface area contributed by atoms with Crippen LogP contribution in [0.4, 0.5) is 5.82 Å². The topological polar surface area (TPSA) is 37.8 Å². The van der Waals surface area contributed by atoms with E-state index in [1.54, 1.807) is 18.1 Å². The van der Waals surface area contributed by atoms with Crippen molar-refractivity contribution < 1.29 is 0 Å². The Balaban J connectivity index is 2.02. The molecule has 0 bridgehead atoms. The minimum Gasteiger partial charge on any atom is -0.366 e. The van der Waals surface area contributed by atoms with E-state index in [0.717, 1.165) is 17.4 Å². The maximum atomic E-state index is 4.19. The Labute approximate surface area is 106 Å². The van der Waals surface area contributed by atoms with Crippen LogP contribution >= 0.6 is 11.8 Å². The molecule has 2 rings (SSSR count). The van der Waals surface area contributed by atoms with Crippen LogP contribution in [0, 0.1) is 6.92 Å². The van der Waals surface area contributed by atoms with Gasteiger partial charge < -0.3 is 5.32 Å². The van der Waals surface area contributed by atoms with E-state index in [2.05, 4.69) is 46.5 Å². The van der Waals surface area contributed by atoms with Crippen LogP contribution in [0.5, 0.6) is 0 Å². The fourth-order valence-electron chi connectivity index (χ4n) is 1.56. The lowest BCUT2D eigenvalue weighted by Gasteiger charge is -2.06. The number of benzene rings is 1. The number of aromatic nitrogens is 2. The molecular formula is C13H15N3S. The molecule has 88 valence electrons. The lowest BCUT2D eigenvalue weighted by Crippen LogP contribution is -2.01. The number of nitrogens with one attached hydrogen (secondary N) is 1. The number of nitrogens with zero attached hydrogens (tertiary/aromatic N) is 2. The fourth-order valence-corrected chi connectivity index (χ4v) is 1.94. The van der Waals surface area contributed by atoms with Crippen LogP contribution in [0.25, 0.3) is 0 Å². The second-order valence-corrected chi connectivity index (χ2v) is 4.61. The van der Waals surface area contributed by atoms with Crippen molar-refractivity contribution in [2.24, 2.45) is 0 Å². The Kier molecular flexibility index (Phi) is 3.98. The van der Waals surface area contributed by atoms with Crippen molar-refractivity contribution >= 4 is 17.6 Å². The first-order valence-corrected chi connectivity index (χ1v) is 6.66. The van der Waals surface area contributed by atoms with Gasteiger partial charge in [0.2, 0.25) is 0 Å². The van der Waals surface area contributed by atoms with Crippen molar-refractivity contribution in [3.63, 3.8) is 0 Å². The standard InChI is InChI=1S/C13H15N3S/c1-10-4-3-5-11(6-10)8-14-12-7-13(17-2)16-9-15-12/h3-7,9H,8H2,1-2H3,(H,14,15,16). The summed E-state index contributed by atoms with van der Waals surface area (Å²) in [5.74, 6) is 0.867. The van der Waals surface area contributed by atoms with Crippen molar-refractivity contribution in [2.45, 2.75) is 18.5 Å². The summed E-state index contributed by atoms with van der Waals surface area (Å²) in [6.07, 6.45) is 3.59. The van der Waals surface area contributed by atoms with Gasteiger partial charge in [-0.05, 0) is 18.7 Å². The first-order chi connectivity index (χ1) is 8.28. The largest absolute Gasteiger partial charge is 0.366 e. The van der Waals surface area contributed by atoms with E-state index in [-0.39, 0.29) is 0 Å². The third-order valence-electron chi connectivity index (χ3n) is 2.41. The molecule has 0 aliphatic heterocycles. The van der Waals surface area contributed by atoms with Crippen LogP contribution in [0.3, 0.4) is 0 Å². The molecule has 1 N–H and O–H groups in total. The van der Waals surface area contributed by atoms with Gasteiger partial charge in [-0.15, -0.1) is 11.8 Å². The Morgan fingerprint density at radius 3 is 2.88 bits per heavy atom. The third-order valence-corrected chi connectivity index (χ3v) is 3.05. The highest BCUT2D eigenvalue weighted by Crippen LogP contribution is 2.14. The summed E-state index contributed by atoms with van der Waals surface area (Å²) in [7, 11) is 0. The molecule has 0 atom stereocenters. The molecule has 0 amide bonds. The Hall–Kier alpha value is -1.55. The summed E-state index contributed by atoms with van der Waals surface area (Å²) in [6, 6.07) is 10.4. The Morgan fingerprint density at radius 2 is 2.12 bits per heavy atom. The minimum absolute atomic E-state index is 0.784. The average molecular weight is 245 g/mol. The molecule has 4 heteroatoms. The van der Waals surface area contributed by atoms with Crippen LogP contribution in [-0.4, -0.2) is 16.2 Å². The summed E-state index contributed by atoms with van der Waals surface area (Å²) < 4.78 is 0. The molecule has 0 saturated heterocycles. The van der Waals surface area contributed by atoms with Crippen molar-refractivity contribution in [1.29, 1.82) is 0 Å². The highest BCUT2D eigenvalue weighted by atomic mass is 32.2. The molecule has 0 aliphatic carbocycles. The van der Waals surface area contributed by atoms with Gasteiger partial charge in [0, 0.05) is 12.6 Å². The number of anilines is 1. The number of rotatable bonds is 4. The van der Waals surface area contributed by atoms with Gasteiger partial charge in [0.25, 0.3) is 0 Å². The summed E-state index contributed by atoms with van der Waals surface area (Å²) in [5.41, 5.74) is 2.53. The minimum atomic E-state index is 0.784. The van der Waals surface area contributed by atoms with Gasteiger partial charge in [0.05, 0.1) is 0 Å². The quantitative estimate of drug-likeness (QED) is 0.663. The first kappa shape index (κ1) is 11.9. The predicted molar refractivity (Wildman–Crippen MR) is 72.3 cm³/mol. The van der Waals surface area contributed by atoms with Crippen molar-refractivity contribution in [3.8, 4) is 0 Å². The lowest BCUT2D eigenvalue weighted by molar-refractivity contribution is 1.02. The van der Waals surface area contributed by atoms with Crippen LogP contribution < -0.4 is 5.32 Å². The maximum Gasteiger partial charge on any atom is 0.130 e. The smallest absolute Gasteiger partial charge is 0.130 e. The molecule has 17 heavy (non-hydrogen) atoms. The summed E-state index contributed by atoms with van der Waals surface area (Å²) in [6.45, 7) is 2.88. The van der Waals surface area contributed by atoms with Gasteiger partial charge in [0.1, 0.15) is 17.2 Å². The summed E-state index contributed by atoms with van der Waals surface area (Å²) in [5, 5.41) is 4.28. The highest BCUT2D eigenvalue weighted by molar-refractivity contribution is 7.98. The average Bonchev–Trinajstić information content (AvgIpc) is 2.37. The van der Waals surface area contributed by atoms with Gasteiger partial charge in [0.15, 0.2) is 0 Å². The van der Waals surface area contributed by atoms with Crippen LogP contribution in [0.2, 0.25) is 0 Å². The van der Waals surface area contributed by atoms with Crippen molar-refractivity contribution in [2.75, 3.05) is 11.6 Å². The van der Waals surface area contributed by atoms with E-state index in [0.29, 0.717) is 0 Å². The molecule has 0 aliphatic rings. The molecule has 1 aromatic carbocycles. The molecule has 0 saturated carbocycles. The fraction of sp³-hybridized carbons (Fsp3) is 0.231. The van der Waals surface area contributed by atoms with Crippen LogP contribution in [-0.2, 0) is 6.54 Å². The number of thioether (sulfide) groups is 1. The SMILES string of the molecule is CSc1cc(NCc2cccc(C)c2)ncn1. The van der Waals surface area contributed by atoms with Gasteiger partial charge >= 0.3 is 0 Å². The summed E-state index contributed by atoms with van der Waals surface area (Å²) in [4.78, 5) is 8.33. The predicted octanol–water partition coefficient (Wildman–Crippen LogP) is 3.12. The molecule has 0 radical (unpaired) electrons. The lowest BCUT2D eigenvalue weighted by atomic mass is 10.1. The number of hydrogen-bond acceptors (Lipinski definition) is 4. The van der Waals surface area contributed by atoms with Crippen LogP contribution in [0.15, 0.2) is 41.7 Å². The van der Waals surface area contributed by atoms with Crippen molar-refractivity contribution in [3.05, 3.63) is 47.8 Å². The molecular weight excluding hydrogens is 230 g/mol. The second kappa shape index (κ2) is 5.68. The molecule has 0 unspecified atom stereocenters. The van der Waals surface area contributed by atoms with Gasteiger partial charge in [-0.1, -0.05) is 29.8 Å². The highest BCUT2D eigenvalue weighted by Gasteiger charge is 1.98. The molecule has 1 aromatic heterocycles. The van der Waals surface area contributed by atoms with Gasteiger partial charge in [-0.2, -0.15) is 0 Å². The zero-order chi connectivity index (χ0) is 12.1. The van der Waals surface area contributed by atoms with E-state index in [1.807, 2.05) is 12.3 Å². The zero-order valence-electron chi connectivity index (χ0n) is 9.97. The van der Waals surface area contributed by atoms with E-state index >= 15 is 0 Å². The normalized spacial score (nSPS) is 10.2. The first-order valence-electron chi connectivity index (χ1n) is 5.43. The van der Waals surface area contributed by atoms with E-state index in [9.17, 15) is 0 Å². The molecule has 3 nitrogen and oxygen atoms in total. The maximum absolute atomic E-state index is 4.19. The van der Waals surface area contributed by atoms with E-state index < -0.39 is 0 Å². The van der Waals surface area contributed by atoms with E-state index in [1.165, 1.54) is 11.1 Å². The third kappa shape index (κ3) is 3.46. The monoisotopic (exact) mass is 245 g/mol. The molecule has 0 fully saturated rings. The second-order valence-electron chi connectivity index (χ2n) is 3.79. The summed E-state index contributed by atoms with van der Waals surface area (Å²) >= 11 is 1.62. The zero-order valence-corrected chi connectivity index (χ0v) is 10.8. The van der Waals surface area contributed by atoms with Gasteiger partial charge in [-0.3, -0.25) is 0 Å². The van der Waals surface area contributed by atoms with Gasteiger partial charge in [-0.25, -0.2) is 9.97 Å². The molecule has 1 heterocycles. The Bertz CT molecular complexity index is 500. The number of aryl methyl sites for hydroxylation is 1. The molecule has 0 spiro atoms. The number of hydrogen-bond donors (Lipinski definition) is 1. The van der Waals surface area contributed by atoms with Crippen molar-refractivity contribution in [1.82, 2.24) is 9.97 Å². The van der Waals surface area contributed by atoms with Crippen LogP contribution in [0.1, 0.15) is 11.1 Å².